The van der Waals surface area contributed by atoms with Gasteiger partial charge < -0.3 is 10.2 Å². The highest BCUT2D eigenvalue weighted by atomic mass is 32.1. The van der Waals surface area contributed by atoms with E-state index in [1.54, 1.807) is 0 Å². The van der Waals surface area contributed by atoms with Gasteiger partial charge >= 0.3 is 6.03 Å². The van der Waals surface area contributed by atoms with Gasteiger partial charge in [-0.1, -0.05) is 11.3 Å². The number of aromatic nitrogens is 7. The van der Waals surface area contributed by atoms with Crippen molar-refractivity contribution < 1.29 is 4.79 Å². The van der Waals surface area contributed by atoms with Crippen molar-refractivity contribution in [3.63, 3.8) is 0 Å². The standard InChI is InChI=1S/C17H24N10OS/c1-6-27-24-13(23-25-27)7-8-18-16(28)22-17-20-11(3)14(29-17)12-9-10(2)19-15(21-12)26(4)5/h9H,6-8H2,1-5H3,(H2,18,20,22,28). The zero-order valence-electron chi connectivity index (χ0n) is 17.1. The third-order valence-electron chi connectivity index (χ3n) is 3.90. The topological polar surface area (TPSA) is 127 Å². The monoisotopic (exact) mass is 416 g/mol. The number of nitrogens with zero attached hydrogens (tertiary/aromatic N) is 8. The summed E-state index contributed by atoms with van der Waals surface area (Å²) in [5.41, 5.74) is 2.45. The predicted molar refractivity (Wildman–Crippen MR) is 111 cm³/mol. The van der Waals surface area contributed by atoms with Gasteiger partial charge in [-0.3, -0.25) is 5.32 Å². The molecule has 0 aromatic carbocycles. The van der Waals surface area contributed by atoms with Gasteiger partial charge in [-0.2, -0.15) is 4.80 Å². The third-order valence-corrected chi connectivity index (χ3v) is 5.00. The number of amides is 2. The van der Waals surface area contributed by atoms with Crippen molar-refractivity contribution in [1.29, 1.82) is 0 Å². The molecule has 12 heteroatoms. The largest absolute Gasteiger partial charge is 0.347 e. The average molecular weight is 417 g/mol. The molecule has 0 bridgehead atoms. The van der Waals surface area contributed by atoms with Gasteiger partial charge in [0.05, 0.1) is 22.8 Å². The lowest BCUT2D eigenvalue weighted by Crippen LogP contribution is -2.30. The van der Waals surface area contributed by atoms with E-state index in [2.05, 4.69) is 41.0 Å². The Morgan fingerprint density at radius 2 is 2.03 bits per heavy atom. The fourth-order valence-corrected chi connectivity index (χ4v) is 3.42. The number of urea groups is 1. The minimum Gasteiger partial charge on any atom is -0.347 e. The molecule has 0 saturated heterocycles. The maximum Gasteiger partial charge on any atom is 0.321 e. The van der Waals surface area contributed by atoms with Crippen LogP contribution in [-0.2, 0) is 13.0 Å². The van der Waals surface area contributed by atoms with Crippen molar-refractivity contribution in [1.82, 2.24) is 40.5 Å². The summed E-state index contributed by atoms with van der Waals surface area (Å²) in [7, 11) is 3.79. The summed E-state index contributed by atoms with van der Waals surface area (Å²) in [6.07, 6.45) is 0.503. The number of aryl methyl sites for hydroxylation is 3. The number of carbonyl (C=O) groups excluding carboxylic acids is 1. The van der Waals surface area contributed by atoms with E-state index >= 15 is 0 Å². The Kier molecular flexibility index (Phi) is 6.32. The van der Waals surface area contributed by atoms with Crippen molar-refractivity contribution >= 4 is 28.4 Å². The minimum absolute atomic E-state index is 0.332. The lowest BCUT2D eigenvalue weighted by atomic mass is 10.2. The number of hydrogen-bond acceptors (Lipinski definition) is 9. The van der Waals surface area contributed by atoms with Crippen LogP contribution in [0.2, 0.25) is 0 Å². The van der Waals surface area contributed by atoms with E-state index in [-0.39, 0.29) is 6.03 Å². The molecule has 154 valence electrons. The molecule has 3 aromatic heterocycles. The Bertz CT molecular complexity index is 996. The van der Waals surface area contributed by atoms with Crippen LogP contribution >= 0.6 is 11.3 Å². The Labute approximate surface area is 172 Å². The smallest absolute Gasteiger partial charge is 0.321 e. The lowest BCUT2D eigenvalue weighted by molar-refractivity contribution is 0.252. The zero-order chi connectivity index (χ0) is 21.0. The SMILES string of the molecule is CCn1nnc(CCNC(=O)Nc2nc(C)c(-c3cc(C)nc(N(C)C)n3)s2)n1. The summed E-state index contributed by atoms with van der Waals surface area (Å²) >= 11 is 1.38. The van der Waals surface area contributed by atoms with Crippen LogP contribution in [0.1, 0.15) is 24.1 Å². The summed E-state index contributed by atoms with van der Waals surface area (Å²) < 4.78 is 0. The average Bonchev–Trinajstić information content (AvgIpc) is 3.27. The maximum absolute atomic E-state index is 12.2. The van der Waals surface area contributed by atoms with Crippen molar-refractivity contribution in [2.45, 2.75) is 33.7 Å². The molecule has 0 fully saturated rings. The molecule has 29 heavy (non-hydrogen) atoms. The van der Waals surface area contributed by atoms with Crippen molar-refractivity contribution in [3.05, 3.63) is 23.3 Å². The second-order valence-corrected chi connectivity index (χ2v) is 7.55. The molecule has 0 spiro atoms. The summed E-state index contributed by atoms with van der Waals surface area (Å²) in [5.74, 6) is 1.23. The zero-order valence-corrected chi connectivity index (χ0v) is 17.9. The van der Waals surface area contributed by atoms with E-state index in [0.29, 0.717) is 36.4 Å². The Morgan fingerprint density at radius 3 is 2.72 bits per heavy atom. The summed E-state index contributed by atoms with van der Waals surface area (Å²) in [6, 6.07) is 1.58. The van der Waals surface area contributed by atoms with Crippen LogP contribution in [0.3, 0.4) is 0 Å². The molecule has 2 N–H and O–H groups in total. The number of thiazole rings is 1. The molecule has 3 heterocycles. The van der Waals surface area contributed by atoms with Crippen LogP contribution in [0, 0.1) is 13.8 Å². The minimum atomic E-state index is -0.332. The normalized spacial score (nSPS) is 10.8. The highest BCUT2D eigenvalue weighted by molar-refractivity contribution is 7.19. The van der Waals surface area contributed by atoms with E-state index < -0.39 is 0 Å². The molecule has 0 saturated carbocycles. The van der Waals surface area contributed by atoms with Crippen LogP contribution in [-0.4, -0.2) is 61.8 Å². The Hall–Kier alpha value is -3.15. The Balaban J connectivity index is 1.62. The predicted octanol–water partition coefficient (Wildman–Crippen LogP) is 1.65. The van der Waals surface area contributed by atoms with Crippen LogP contribution in [0.15, 0.2) is 6.07 Å². The highest BCUT2D eigenvalue weighted by Crippen LogP contribution is 2.32. The molecule has 0 radical (unpaired) electrons. The van der Waals surface area contributed by atoms with E-state index in [1.807, 2.05) is 45.8 Å². The quantitative estimate of drug-likeness (QED) is 0.595. The first-order valence-corrected chi connectivity index (χ1v) is 9.99. The number of tetrazole rings is 1. The molecule has 0 aliphatic rings. The first-order chi connectivity index (χ1) is 13.9. The van der Waals surface area contributed by atoms with Crippen molar-refractivity contribution in [2.24, 2.45) is 0 Å². The first kappa shape index (κ1) is 20.6. The molecule has 0 atom stereocenters. The summed E-state index contributed by atoms with van der Waals surface area (Å²) in [5, 5.41) is 18.1. The molecule has 3 aromatic rings. The number of carbonyl (C=O) groups is 1. The van der Waals surface area contributed by atoms with E-state index in [1.165, 1.54) is 16.1 Å². The van der Waals surface area contributed by atoms with Crippen LogP contribution in [0.25, 0.3) is 10.6 Å². The number of anilines is 2. The fourth-order valence-electron chi connectivity index (χ4n) is 2.50. The molecule has 3 rings (SSSR count). The first-order valence-electron chi connectivity index (χ1n) is 9.18. The van der Waals surface area contributed by atoms with Gasteiger partial charge in [-0.25, -0.2) is 19.7 Å². The fraction of sp³-hybridized carbons (Fsp3) is 0.471. The van der Waals surface area contributed by atoms with Crippen molar-refractivity contribution in [2.75, 3.05) is 30.9 Å². The molecular weight excluding hydrogens is 392 g/mol. The van der Waals surface area contributed by atoms with Gasteiger partial charge in [0.1, 0.15) is 0 Å². The van der Waals surface area contributed by atoms with Crippen LogP contribution in [0.4, 0.5) is 15.9 Å². The number of rotatable bonds is 7. The lowest BCUT2D eigenvalue weighted by Gasteiger charge is -2.11. The maximum atomic E-state index is 12.2. The number of nitrogens with one attached hydrogen (secondary N) is 2. The molecule has 11 nitrogen and oxygen atoms in total. The van der Waals surface area contributed by atoms with E-state index in [9.17, 15) is 4.79 Å². The molecule has 0 aliphatic heterocycles. The second-order valence-electron chi connectivity index (χ2n) is 6.55. The van der Waals surface area contributed by atoms with Gasteiger partial charge in [0.25, 0.3) is 0 Å². The van der Waals surface area contributed by atoms with E-state index in [0.717, 1.165) is 22.0 Å². The Morgan fingerprint density at radius 1 is 1.24 bits per heavy atom. The van der Waals surface area contributed by atoms with Gasteiger partial charge in [0.2, 0.25) is 5.95 Å². The van der Waals surface area contributed by atoms with Gasteiger partial charge in [0, 0.05) is 32.8 Å². The van der Waals surface area contributed by atoms with Gasteiger partial charge in [0.15, 0.2) is 11.0 Å². The van der Waals surface area contributed by atoms with Crippen LogP contribution in [0.5, 0.6) is 0 Å². The second kappa shape index (κ2) is 8.90. The van der Waals surface area contributed by atoms with Gasteiger partial charge in [-0.15, -0.1) is 10.2 Å². The number of hydrogen-bond donors (Lipinski definition) is 2. The summed E-state index contributed by atoms with van der Waals surface area (Å²) in [6.45, 7) is 6.81. The van der Waals surface area contributed by atoms with E-state index in [4.69, 9.17) is 0 Å². The van der Waals surface area contributed by atoms with Crippen molar-refractivity contribution in [3.8, 4) is 10.6 Å². The molecule has 2 amide bonds. The molecular formula is C17H24N10OS. The highest BCUT2D eigenvalue weighted by Gasteiger charge is 2.15. The molecule has 0 aliphatic carbocycles. The van der Waals surface area contributed by atoms with Crippen LogP contribution < -0.4 is 15.5 Å². The molecule has 0 unspecified atom stereocenters. The van der Waals surface area contributed by atoms with Gasteiger partial charge in [-0.05, 0) is 32.1 Å². The third kappa shape index (κ3) is 5.22. The summed E-state index contributed by atoms with van der Waals surface area (Å²) in [4.78, 5) is 29.9.